The van der Waals surface area contributed by atoms with Gasteiger partial charge in [0, 0.05) is 13.0 Å². The van der Waals surface area contributed by atoms with Crippen LogP contribution in [-0.2, 0) is 30.6 Å². The molecule has 2 aromatic carbocycles. The lowest BCUT2D eigenvalue weighted by molar-refractivity contribution is -0.177. The van der Waals surface area contributed by atoms with Gasteiger partial charge in [-0.25, -0.2) is 5.06 Å². The van der Waals surface area contributed by atoms with Gasteiger partial charge in [-0.3, -0.25) is 19.2 Å². The zero-order valence-electron chi connectivity index (χ0n) is 16.9. The van der Waals surface area contributed by atoms with Crippen LogP contribution in [-0.4, -0.2) is 36.9 Å². The molecule has 0 N–H and O–H groups in total. The smallest absolute Gasteiger partial charge is 0.320 e. The lowest BCUT2D eigenvalue weighted by atomic mass is 9.91. The molecule has 2 aromatic rings. The molecule has 0 bridgehead atoms. The predicted octanol–water partition coefficient (Wildman–Crippen LogP) is 3.58. The van der Waals surface area contributed by atoms with Gasteiger partial charge in [-0.1, -0.05) is 60.2 Å². The first-order chi connectivity index (χ1) is 14.0. The molecule has 1 amide bonds. The van der Waals surface area contributed by atoms with Crippen molar-refractivity contribution in [3.63, 3.8) is 0 Å². The highest BCUT2D eigenvalue weighted by molar-refractivity contribution is 6.04. The fourth-order valence-corrected chi connectivity index (χ4v) is 2.92. The molecule has 1 unspecified atom stereocenters. The number of Topliss-reactive ketones (excluding diaryl/α,β-unsaturated/α-hetero) is 1. The van der Waals surface area contributed by atoms with Crippen LogP contribution in [0.3, 0.4) is 0 Å². The molecule has 0 aromatic heterocycles. The van der Waals surface area contributed by atoms with E-state index in [0.717, 1.165) is 11.1 Å². The average Bonchev–Trinajstić information content (AvgIpc) is 2.75. The van der Waals surface area contributed by atoms with Gasteiger partial charge in [-0.05, 0) is 30.9 Å². The number of methoxy groups -OCH3 is 1. The standard InChI is InChI=1S/C23H27NO5/c1-18-11-13-20(14-12-18)22(23(27)28-2)21(26)10-6-7-15-24(17-25)29-16-19-8-4-3-5-9-19/h3-5,8-9,11-14,17,22H,6-7,10,15-16H2,1-2H3. The highest BCUT2D eigenvalue weighted by atomic mass is 16.7. The number of rotatable bonds is 12. The van der Waals surface area contributed by atoms with E-state index in [2.05, 4.69) is 0 Å². The summed E-state index contributed by atoms with van der Waals surface area (Å²) in [5.74, 6) is -1.67. The summed E-state index contributed by atoms with van der Waals surface area (Å²) in [5, 5.41) is 1.23. The molecule has 1 atom stereocenters. The summed E-state index contributed by atoms with van der Waals surface area (Å²) in [7, 11) is 1.28. The minimum atomic E-state index is -0.919. The molecule has 0 aliphatic carbocycles. The lowest BCUT2D eigenvalue weighted by Gasteiger charge is -2.17. The van der Waals surface area contributed by atoms with Crippen molar-refractivity contribution in [2.45, 2.75) is 38.7 Å². The third-order valence-corrected chi connectivity index (χ3v) is 4.58. The second kappa shape index (κ2) is 11.8. The first-order valence-electron chi connectivity index (χ1n) is 9.61. The molecule has 29 heavy (non-hydrogen) atoms. The van der Waals surface area contributed by atoms with Crippen LogP contribution < -0.4 is 0 Å². The Morgan fingerprint density at radius 3 is 2.34 bits per heavy atom. The Kier molecular flexibility index (Phi) is 9.05. The number of ether oxygens (including phenoxy) is 1. The largest absolute Gasteiger partial charge is 0.468 e. The van der Waals surface area contributed by atoms with E-state index in [4.69, 9.17) is 9.57 Å². The molecule has 0 radical (unpaired) electrons. The monoisotopic (exact) mass is 397 g/mol. The van der Waals surface area contributed by atoms with Crippen LogP contribution >= 0.6 is 0 Å². The topological polar surface area (TPSA) is 72.9 Å². The molecule has 154 valence electrons. The Hall–Kier alpha value is -2.99. The van der Waals surface area contributed by atoms with Crippen LogP contribution in [0.15, 0.2) is 54.6 Å². The number of nitrogens with zero attached hydrogens (tertiary/aromatic N) is 1. The maximum Gasteiger partial charge on any atom is 0.320 e. The van der Waals surface area contributed by atoms with E-state index in [1.54, 1.807) is 12.1 Å². The SMILES string of the molecule is COC(=O)C(C(=O)CCCCN(C=O)OCc1ccccc1)c1ccc(C)cc1. The van der Waals surface area contributed by atoms with Gasteiger partial charge in [0.25, 0.3) is 0 Å². The van der Waals surface area contributed by atoms with Crippen LogP contribution in [0.2, 0.25) is 0 Å². The fourth-order valence-electron chi connectivity index (χ4n) is 2.92. The molecule has 6 heteroatoms. The minimum Gasteiger partial charge on any atom is -0.468 e. The van der Waals surface area contributed by atoms with Crippen molar-refractivity contribution in [3.8, 4) is 0 Å². The van der Waals surface area contributed by atoms with Crippen molar-refractivity contribution in [1.29, 1.82) is 0 Å². The molecule has 6 nitrogen and oxygen atoms in total. The Bertz CT molecular complexity index is 789. The number of carbonyl (C=O) groups is 3. The van der Waals surface area contributed by atoms with Crippen molar-refractivity contribution >= 4 is 18.2 Å². The van der Waals surface area contributed by atoms with Gasteiger partial charge in [0.05, 0.1) is 7.11 Å². The van der Waals surface area contributed by atoms with Crippen LogP contribution in [0.5, 0.6) is 0 Å². The summed E-state index contributed by atoms with van der Waals surface area (Å²) in [4.78, 5) is 41.4. The number of esters is 1. The lowest BCUT2D eigenvalue weighted by Crippen LogP contribution is -2.25. The van der Waals surface area contributed by atoms with Crippen LogP contribution in [0, 0.1) is 6.92 Å². The van der Waals surface area contributed by atoms with E-state index in [1.165, 1.54) is 12.2 Å². The molecule has 2 rings (SSSR count). The molecule has 0 aliphatic heterocycles. The van der Waals surface area contributed by atoms with E-state index in [0.29, 0.717) is 38.0 Å². The van der Waals surface area contributed by atoms with Crippen molar-refractivity contribution in [2.75, 3.05) is 13.7 Å². The fraction of sp³-hybridized carbons (Fsp3) is 0.348. The maximum absolute atomic E-state index is 12.6. The molecular formula is C23H27NO5. The number of unbranched alkanes of at least 4 members (excludes halogenated alkanes) is 1. The Morgan fingerprint density at radius 2 is 1.72 bits per heavy atom. The quantitative estimate of drug-likeness (QED) is 0.180. The summed E-state index contributed by atoms with van der Waals surface area (Å²) in [6.45, 7) is 2.62. The summed E-state index contributed by atoms with van der Waals surface area (Å²) < 4.78 is 4.82. The molecule has 0 heterocycles. The van der Waals surface area contributed by atoms with Gasteiger partial charge in [-0.15, -0.1) is 0 Å². The predicted molar refractivity (Wildman–Crippen MR) is 109 cm³/mol. The third kappa shape index (κ3) is 7.16. The van der Waals surface area contributed by atoms with E-state index in [9.17, 15) is 14.4 Å². The zero-order chi connectivity index (χ0) is 21.1. The van der Waals surface area contributed by atoms with Crippen LogP contribution in [0.4, 0.5) is 0 Å². The molecule has 0 fully saturated rings. The van der Waals surface area contributed by atoms with E-state index in [-0.39, 0.29) is 12.2 Å². The van der Waals surface area contributed by atoms with Gasteiger partial charge < -0.3 is 4.74 Å². The number of hydrogen-bond acceptors (Lipinski definition) is 5. The number of hydroxylamine groups is 2. The number of amides is 1. The Morgan fingerprint density at radius 1 is 1.03 bits per heavy atom. The third-order valence-electron chi connectivity index (χ3n) is 4.58. The number of hydrogen-bond donors (Lipinski definition) is 0. The summed E-state index contributed by atoms with van der Waals surface area (Å²) in [6.07, 6.45) is 1.98. The van der Waals surface area contributed by atoms with E-state index in [1.807, 2.05) is 49.4 Å². The highest BCUT2D eigenvalue weighted by Crippen LogP contribution is 2.22. The zero-order valence-corrected chi connectivity index (χ0v) is 16.9. The van der Waals surface area contributed by atoms with Gasteiger partial charge in [-0.2, -0.15) is 0 Å². The van der Waals surface area contributed by atoms with Gasteiger partial charge in [0.15, 0.2) is 5.78 Å². The maximum atomic E-state index is 12.6. The highest BCUT2D eigenvalue weighted by Gasteiger charge is 2.28. The van der Waals surface area contributed by atoms with Crippen molar-refractivity contribution in [3.05, 3.63) is 71.3 Å². The van der Waals surface area contributed by atoms with Crippen molar-refractivity contribution < 1.29 is 24.0 Å². The van der Waals surface area contributed by atoms with E-state index < -0.39 is 11.9 Å². The second-order valence-corrected chi connectivity index (χ2v) is 6.80. The second-order valence-electron chi connectivity index (χ2n) is 6.80. The number of carbonyl (C=O) groups excluding carboxylic acids is 3. The van der Waals surface area contributed by atoms with Crippen LogP contribution in [0.1, 0.15) is 41.9 Å². The van der Waals surface area contributed by atoms with Gasteiger partial charge in [0.1, 0.15) is 12.5 Å². The van der Waals surface area contributed by atoms with Gasteiger partial charge >= 0.3 is 5.97 Å². The summed E-state index contributed by atoms with van der Waals surface area (Å²) in [5.41, 5.74) is 2.65. The number of benzene rings is 2. The summed E-state index contributed by atoms with van der Waals surface area (Å²) in [6, 6.07) is 16.8. The van der Waals surface area contributed by atoms with Crippen LogP contribution in [0.25, 0.3) is 0 Å². The average molecular weight is 397 g/mol. The first-order valence-corrected chi connectivity index (χ1v) is 9.61. The Balaban J connectivity index is 1.82. The van der Waals surface area contributed by atoms with Crippen molar-refractivity contribution in [2.24, 2.45) is 0 Å². The normalized spacial score (nSPS) is 11.5. The summed E-state index contributed by atoms with van der Waals surface area (Å²) >= 11 is 0. The molecule has 0 spiro atoms. The number of ketones is 1. The first kappa shape index (κ1) is 22.3. The molecule has 0 saturated carbocycles. The Labute approximate surface area is 171 Å². The molecule has 0 saturated heterocycles. The van der Waals surface area contributed by atoms with Crippen molar-refractivity contribution in [1.82, 2.24) is 5.06 Å². The van der Waals surface area contributed by atoms with E-state index >= 15 is 0 Å². The molecular weight excluding hydrogens is 370 g/mol. The number of aryl methyl sites for hydroxylation is 1. The minimum absolute atomic E-state index is 0.191. The van der Waals surface area contributed by atoms with Gasteiger partial charge in [0.2, 0.25) is 6.41 Å². The molecule has 0 aliphatic rings.